The minimum Gasteiger partial charge on any atom is -0.330 e. The van der Waals surface area contributed by atoms with Crippen LogP contribution in [-0.2, 0) is 0 Å². The second-order valence-electron chi connectivity index (χ2n) is 3.87. The molecule has 0 aliphatic carbocycles. The van der Waals surface area contributed by atoms with E-state index < -0.39 is 0 Å². The number of halogens is 2. The minimum absolute atomic E-state index is 0.158. The van der Waals surface area contributed by atoms with Gasteiger partial charge in [-0.2, -0.15) is 0 Å². The standard InChI is InChI=1S/C14H13Cl2N.3C2H6.CH5P/c15-13-7-6-11(8-14(13)16)12(9-17)10-4-2-1-3-5-10;4*1-2/h1-8,12H,9,17H2;3*1-2H3;2H2,1H3. The molecule has 0 aromatic heterocycles. The van der Waals surface area contributed by atoms with Crippen molar-refractivity contribution in [3.8, 4) is 0 Å². The van der Waals surface area contributed by atoms with Gasteiger partial charge in [0.15, 0.2) is 0 Å². The lowest BCUT2D eigenvalue weighted by molar-refractivity contribution is 0.819. The molecule has 0 radical (unpaired) electrons. The van der Waals surface area contributed by atoms with Crippen molar-refractivity contribution in [1.29, 1.82) is 0 Å². The van der Waals surface area contributed by atoms with E-state index in [0.717, 1.165) is 5.56 Å². The van der Waals surface area contributed by atoms with Gasteiger partial charge in [0, 0.05) is 12.5 Å². The quantitative estimate of drug-likeness (QED) is 0.522. The van der Waals surface area contributed by atoms with Crippen LogP contribution in [0.25, 0.3) is 0 Å². The Morgan fingerprint density at radius 1 is 0.760 bits per heavy atom. The maximum absolute atomic E-state index is 6.03. The Balaban J connectivity index is -0.000000533. The van der Waals surface area contributed by atoms with Crippen molar-refractivity contribution in [2.45, 2.75) is 47.5 Å². The molecule has 0 spiro atoms. The molecule has 144 valence electrons. The van der Waals surface area contributed by atoms with Gasteiger partial charge in [-0.3, -0.25) is 0 Å². The van der Waals surface area contributed by atoms with E-state index in [2.05, 4.69) is 21.4 Å². The number of rotatable bonds is 3. The fourth-order valence-electron chi connectivity index (χ4n) is 1.88. The lowest BCUT2D eigenvalue weighted by Gasteiger charge is -2.16. The second kappa shape index (κ2) is 21.5. The zero-order valence-corrected chi connectivity index (χ0v) is 19.5. The normalized spacial score (nSPS) is 9.40. The van der Waals surface area contributed by atoms with E-state index in [1.807, 2.05) is 84.6 Å². The molecule has 2 unspecified atom stereocenters. The van der Waals surface area contributed by atoms with Crippen LogP contribution >= 0.6 is 32.4 Å². The molecule has 2 rings (SSSR count). The first-order valence-electron chi connectivity index (χ1n) is 9.00. The molecular formula is C21H36Cl2NP. The first-order chi connectivity index (χ1) is 12.2. The molecule has 0 saturated heterocycles. The summed E-state index contributed by atoms with van der Waals surface area (Å²) in [5.41, 5.74) is 8.13. The fourth-order valence-corrected chi connectivity index (χ4v) is 2.19. The Labute approximate surface area is 168 Å². The Hall–Kier alpha value is -0.590. The van der Waals surface area contributed by atoms with Crippen LogP contribution in [-0.4, -0.2) is 13.2 Å². The Morgan fingerprint density at radius 3 is 1.64 bits per heavy atom. The Bertz CT molecular complexity index is 505. The SMILES string of the molecule is CC.CC.CC.CP.NCC(c1ccccc1)c1ccc(Cl)c(Cl)c1. The van der Waals surface area contributed by atoms with Gasteiger partial charge in [-0.25, -0.2) is 0 Å². The predicted octanol–water partition coefficient (Wildman–Crippen LogP) is 7.65. The third-order valence-corrected chi connectivity index (χ3v) is 3.52. The van der Waals surface area contributed by atoms with Crippen molar-refractivity contribution in [2.24, 2.45) is 5.73 Å². The summed E-state index contributed by atoms with van der Waals surface area (Å²) in [5, 5.41) is 1.14. The van der Waals surface area contributed by atoms with Crippen LogP contribution in [0.3, 0.4) is 0 Å². The summed E-state index contributed by atoms with van der Waals surface area (Å²) >= 11 is 11.9. The van der Waals surface area contributed by atoms with Crippen LogP contribution in [0.4, 0.5) is 0 Å². The van der Waals surface area contributed by atoms with Crippen LogP contribution in [0.1, 0.15) is 58.6 Å². The minimum atomic E-state index is 0.158. The highest BCUT2D eigenvalue weighted by molar-refractivity contribution is 7.15. The molecule has 25 heavy (non-hydrogen) atoms. The molecule has 2 aromatic rings. The monoisotopic (exact) mass is 403 g/mol. The van der Waals surface area contributed by atoms with Gasteiger partial charge in [0.1, 0.15) is 0 Å². The maximum atomic E-state index is 6.03. The molecule has 0 aliphatic rings. The van der Waals surface area contributed by atoms with E-state index in [1.54, 1.807) is 0 Å². The molecule has 2 aromatic carbocycles. The van der Waals surface area contributed by atoms with E-state index in [9.17, 15) is 0 Å². The molecule has 0 fully saturated rings. The molecule has 2 atom stereocenters. The average Bonchev–Trinajstić information content (AvgIpc) is 2.72. The van der Waals surface area contributed by atoms with Crippen molar-refractivity contribution in [3.05, 3.63) is 69.7 Å². The summed E-state index contributed by atoms with van der Waals surface area (Å²) in [5.74, 6) is 0.158. The van der Waals surface area contributed by atoms with E-state index >= 15 is 0 Å². The van der Waals surface area contributed by atoms with Crippen LogP contribution in [0.15, 0.2) is 48.5 Å². The van der Waals surface area contributed by atoms with E-state index in [0.29, 0.717) is 16.6 Å². The molecule has 0 heterocycles. The van der Waals surface area contributed by atoms with Crippen molar-refractivity contribution >= 4 is 32.4 Å². The van der Waals surface area contributed by atoms with Crippen molar-refractivity contribution < 1.29 is 0 Å². The molecule has 0 saturated carbocycles. The Morgan fingerprint density at radius 2 is 1.24 bits per heavy atom. The van der Waals surface area contributed by atoms with Gasteiger partial charge in [0.2, 0.25) is 0 Å². The smallest absolute Gasteiger partial charge is 0.0595 e. The van der Waals surface area contributed by atoms with Gasteiger partial charge in [0.05, 0.1) is 10.0 Å². The second-order valence-corrected chi connectivity index (χ2v) is 4.69. The van der Waals surface area contributed by atoms with Gasteiger partial charge >= 0.3 is 0 Å². The number of hydrogen-bond donors (Lipinski definition) is 1. The van der Waals surface area contributed by atoms with Crippen LogP contribution in [0.2, 0.25) is 10.0 Å². The van der Waals surface area contributed by atoms with Crippen molar-refractivity contribution in [1.82, 2.24) is 0 Å². The molecule has 0 bridgehead atoms. The van der Waals surface area contributed by atoms with E-state index in [1.165, 1.54) is 5.56 Å². The summed E-state index contributed by atoms with van der Waals surface area (Å²) in [6.07, 6.45) is 0. The van der Waals surface area contributed by atoms with Crippen LogP contribution < -0.4 is 5.73 Å². The summed E-state index contributed by atoms with van der Waals surface area (Å²) in [4.78, 5) is 0. The third kappa shape index (κ3) is 11.6. The maximum Gasteiger partial charge on any atom is 0.0595 e. The van der Waals surface area contributed by atoms with E-state index in [-0.39, 0.29) is 5.92 Å². The highest BCUT2D eigenvalue weighted by Gasteiger charge is 2.13. The summed E-state index contributed by atoms with van der Waals surface area (Å²) in [6.45, 7) is 14.5. The molecule has 0 aliphatic heterocycles. The number of nitrogens with two attached hydrogens (primary N) is 1. The van der Waals surface area contributed by atoms with Gasteiger partial charge in [-0.05, 0) is 23.3 Å². The van der Waals surface area contributed by atoms with Gasteiger partial charge < -0.3 is 5.73 Å². The zero-order valence-electron chi connectivity index (χ0n) is 16.8. The predicted molar refractivity (Wildman–Crippen MR) is 123 cm³/mol. The highest BCUT2D eigenvalue weighted by Crippen LogP contribution is 2.29. The zero-order chi connectivity index (χ0) is 20.3. The third-order valence-electron chi connectivity index (χ3n) is 2.78. The largest absolute Gasteiger partial charge is 0.330 e. The molecule has 1 nitrogen and oxygen atoms in total. The van der Waals surface area contributed by atoms with Gasteiger partial charge in [-0.1, -0.05) is 108 Å². The summed E-state index contributed by atoms with van der Waals surface area (Å²) in [7, 11) is 2.42. The van der Waals surface area contributed by atoms with Crippen molar-refractivity contribution in [2.75, 3.05) is 13.2 Å². The van der Waals surface area contributed by atoms with Gasteiger partial charge in [-0.15, -0.1) is 9.24 Å². The average molecular weight is 404 g/mol. The molecular weight excluding hydrogens is 368 g/mol. The van der Waals surface area contributed by atoms with Crippen LogP contribution in [0, 0.1) is 0 Å². The summed E-state index contributed by atoms with van der Waals surface area (Å²) in [6, 6.07) is 15.8. The first-order valence-corrected chi connectivity index (χ1v) is 10.9. The van der Waals surface area contributed by atoms with Gasteiger partial charge in [0.25, 0.3) is 0 Å². The summed E-state index contributed by atoms with van der Waals surface area (Å²) < 4.78 is 0. The molecule has 0 amide bonds. The first kappa shape index (κ1) is 29.2. The highest BCUT2D eigenvalue weighted by atomic mass is 35.5. The topological polar surface area (TPSA) is 26.0 Å². The fraction of sp³-hybridized carbons (Fsp3) is 0.429. The number of benzene rings is 2. The molecule has 2 N–H and O–H groups in total. The number of hydrogen-bond acceptors (Lipinski definition) is 1. The van der Waals surface area contributed by atoms with Crippen LogP contribution in [0.5, 0.6) is 0 Å². The van der Waals surface area contributed by atoms with Crippen molar-refractivity contribution in [3.63, 3.8) is 0 Å². The van der Waals surface area contributed by atoms with E-state index in [4.69, 9.17) is 28.9 Å². The lowest BCUT2D eigenvalue weighted by Crippen LogP contribution is -2.13. The molecule has 4 heteroatoms. The lowest BCUT2D eigenvalue weighted by atomic mass is 9.91. The Kier molecular flexibility index (Phi) is 25.0.